The standard InChI is InChI=1S/C34H36N2O11/c1-21(37)24-13-16-28(46-20-44-3)27(18-24)30(38)26-10-7-17-36(34(41)42)32(47-33(40)23-8-5-4-6-9-23)29(26)35-31(39)22-11-14-25(15-12-22)45-19-43-2/h4-6,8-9,11-16,18,26,29,32H,7,10,17,19-20H2,1-3H3,(H,35,39)(H,41,42). The second-order valence-electron chi connectivity index (χ2n) is 10.6. The summed E-state index contributed by atoms with van der Waals surface area (Å²) in [5.41, 5.74) is 0.576. The van der Waals surface area contributed by atoms with E-state index in [4.69, 9.17) is 23.7 Å². The number of Topliss-reactive ketones (excluding diaryl/α,β-unsaturated/α-hetero) is 2. The van der Waals surface area contributed by atoms with Crippen LogP contribution in [-0.2, 0) is 14.2 Å². The van der Waals surface area contributed by atoms with Crippen molar-refractivity contribution in [1.82, 2.24) is 10.2 Å². The Kier molecular flexibility index (Phi) is 12.0. The van der Waals surface area contributed by atoms with Gasteiger partial charge in [0.2, 0.25) is 6.23 Å². The average Bonchev–Trinajstić information content (AvgIpc) is 3.25. The van der Waals surface area contributed by atoms with Gasteiger partial charge in [-0.15, -0.1) is 0 Å². The maximum atomic E-state index is 14.4. The minimum Gasteiger partial charge on any atom is -0.468 e. The van der Waals surface area contributed by atoms with Gasteiger partial charge in [-0.25, -0.2) is 9.59 Å². The average molecular weight is 649 g/mol. The van der Waals surface area contributed by atoms with Crippen LogP contribution in [0.5, 0.6) is 11.5 Å². The van der Waals surface area contributed by atoms with Crippen LogP contribution in [0.4, 0.5) is 4.79 Å². The van der Waals surface area contributed by atoms with Crippen LogP contribution in [0.15, 0.2) is 72.8 Å². The summed E-state index contributed by atoms with van der Waals surface area (Å²) in [5.74, 6) is -2.92. The highest BCUT2D eigenvalue weighted by atomic mass is 16.7. The third kappa shape index (κ3) is 8.71. The first-order valence-electron chi connectivity index (χ1n) is 14.7. The molecule has 3 aromatic carbocycles. The highest BCUT2D eigenvalue weighted by molar-refractivity contribution is 6.04. The van der Waals surface area contributed by atoms with Gasteiger partial charge in [0.15, 0.2) is 25.2 Å². The van der Waals surface area contributed by atoms with Crippen molar-refractivity contribution in [2.45, 2.75) is 32.0 Å². The summed E-state index contributed by atoms with van der Waals surface area (Å²) in [6.45, 7) is 1.06. The van der Waals surface area contributed by atoms with E-state index in [1.807, 2.05) is 0 Å². The number of nitrogens with zero attached hydrogens (tertiary/aromatic N) is 1. The van der Waals surface area contributed by atoms with Crippen LogP contribution in [-0.4, -0.2) is 86.2 Å². The Hall–Kier alpha value is -5.27. The molecule has 1 aliphatic rings. The number of hydrogen-bond donors (Lipinski definition) is 2. The number of methoxy groups -OCH3 is 2. The number of benzene rings is 3. The van der Waals surface area contributed by atoms with Crippen molar-refractivity contribution < 1.29 is 52.8 Å². The molecule has 1 saturated heterocycles. The molecule has 0 bridgehead atoms. The zero-order valence-corrected chi connectivity index (χ0v) is 26.2. The second kappa shape index (κ2) is 16.3. The number of rotatable bonds is 13. The van der Waals surface area contributed by atoms with E-state index in [-0.39, 0.29) is 66.8 Å². The van der Waals surface area contributed by atoms with Crippen LogP contribution in [0.1, 0.15) is 61.2 Å². The van der Waals surface area contributed by atoms with Crippen molar-refractivity contribution in [3.8, 4) is 11.5 Å². The molecule has 0 radical (unpaired) electrons. The van der Waals surface area contributed by atoms with E-state index < -0.39 is 41.9 Å². The summed E-state index contributed by atoms with van der Waals surface area (Å²) in [6, 6.07) is 17.0. The lowest BCUT2D eigenvalue weighted by Crippen LogP contribution is -2.58. The first-order chi connectivity index (χ1) is 22.6. The number of amides is 2. The van der Waals surface area contributed by atoms with Crippen LogP contribution in [0.3, 0.4) is 0 Å². The number of likely N-dealkylation sites (tertiary alicyclic amines) is 1. The van der Waals surface area contributed by atoms with E-state index in [1.165, 1.54) is 63.6 Å². The number of ether oxygens (including phenoxy) is 5. The molecule has 47 heavy (non-hydrogen) atoms. The number of carboxylic acid groups (broad SMARTS) is 1. The molecule has 1 aliphatic heterocycles. The molecule has 2 amide bonds. The van der Waals surface area contributed by atoms with Crippen LogP contribution < -0.4 is 14.8 Å². The molecular formula is C34H36N2O11. The zero-order chi connectivity index (χ0) is 33.9. The van der Waals surface area contributed by atoms with E-state index in [0.29, 0.717) is 5.75 Å². The van der Waals surface area contributed by atoms with Crippen molar-refractivity contribution in [2.75, 3.05) is 34.4 Å². The van der Waals surface area contributed by atoms with E-state index in [1.54, 1.807) is 30.3 Å². The third-order valence-corrected chi connectivity index (χ3v) is 7.52. The quantitative estimate of drug-likeness (QED) is 0.153. The number of hydrogen-bond acceptors (Lipinski definition) is 10. The summed E-state index contributed by atoms with van der Waals surface area (Å²) in [4.78, 5) is 67.2. The van der Waals surface area contributed by atoms with Crippen molar-refractivity contribution in [1.29, 1.82) is 0 Å². The maximum absolute atomic E-state index is 14.4. The Bertz CT molecular complexity index is 1580. The van der Waals surface area contributed by atoms with Gasteiger partial charge in [-0.3, -0.25) is 19.3 Å². The van der Waals surface area contributed by atoms with Gasteiger partial charge in [-0.1, -0.05) is 18.2 Å². The maximum Gasteiger partial charge on any atom is 0.410 e. The molecule has 1 heterocycles. The summed E-state index contributed by atoms with van der Waals surface area (Å²) in [7, 11) is 2.88. The number of carbonyl (C=O) groups excluding carboxylic acids is 4. The summed E-state index contributed by atoms with van der Waals surface area (Å²) >= 11 is 0. The third-order valence-electron chi connectivity index (χ3n) is 7.52. The molecule has 2 N–H and O–H groups in total. The lowest BCUT2D eigenvalue weighted by atomic mass is 9.85. The number of ketones is 2. The van der Waals surface area contributed by atoms with Crippen LogP contribution in [0.2, 0.25) is 0 Å². The highest BCUT2D eigenvalue weighted by Gasteiger charge is 2.45. The van der Waals surface area contributed by atoms with Gasteiger partial charge in [0.1, 0.15) is 11.5 Å². The molecule has 0 saturated carbocycles. The van der Waals surface area contributed by atoms with Crippen molar-refractivity contribution in [2.24, 2.45) is 5.92 Å². The van der Waals surface area contributed by atoms with Crippen LogP contribution in [0.25, 0.3) is 0 Å². The van der Waals surface area contributed by atoms with Gasteiger partial charge in [0.25, 0.3) is 5.91 Å². The topological polar surface area (TPSA) is 167 Å². The van der Waals surface area contributed by atoms with E-state index in [2.05, 4.69) is 5.32 Å². The van der Waals surface area contributed by atoms with Gasteiger partial charge >= 0.3 is 12.1 Å². The summed E-state index contributed by atoms with van der Waals surface area (Å²) in [6.07, 6.45) is -2.72. The van der Waals surface area contributed by atoms with E-state index in [9.17, 15) is 29.1 Å². The Morgan fingerprint density at radius 3 is 2.15 bits per heavy atom. The second-order valence-corrected chi connectivity index (χ2v) is 10.6. The van der Waals surface area contributed by atoms with E-state index in [0.717, 1.165) is 4.90 Å². The fraction of sp³-hybridized carbons (Fsp3) is 0.324. The zero-order valence-electron chi connectivity index (χ0n) is 26.2. The summed E-state index contributed by atoms with van der Waals surface area (Å²) in [5, 5.41) is 13.0. The minimum atomic E-state index is -1.61. The molecule has 4 rings (SSSR count). The molecule has 0 aliphatic carbocycles. The molecule has 1 fully saturated rings. The Balaban J connectivity index is 1.79. The summed E-state index contributed by atoms with van der Waals surface area (Å²) < 4.78 is 26.8. The van der Waals surface area contributed by atoms with Crippen molar-refractivity contribution in [3.05, 3.63) is 95.1 Å². The minimum absolute atomic E-state index is 0.00218. The van der Waals surface area contributed by atoms with Gasteiger partial charge in [0.05, 0.1) is 17.2 Å². The fourth-order valence-electron chi connectivity index (χ4n) is 5.19. The lowest BCUT2D eigenvalue weighted by molar-refractivity contribution is -0.0416. The van der Waals surface area contributed by atoms with Gasteiger partial charge < -0.3 is 34.1 Å². The molecule has 0 spiro atoms. The number of nitrogens with one attached hydrogen (secondary N) is 1. The van der Waals surface area contributed by atoms with Crippen LogP contribution >= 0.6 is 0 Å². The van der Waals surface area contributed by atoms with Gasteiger partial charge in [-0.2, -0.15) is 0 Å². The molecule has 13 heteroatoms. The molecule has 3 aromatic rings. The monoisotopic (exact) mass is 648 g/mol. The molecular weight excluding hydrogens is 612 g/mol. The SMILES string of the molecule is COCOc1ccc(C(=O)NC2C(C(=O)c3cc(C(C)=O)ccc3OCOC)CCCN(C(=O)O)C2OC(=O)c2ccccc2)cc1. The molecule has 3 unspecified atom stereocenters. The Morgan fingerprint density at radius 2 is 1.51 bits per heavy atom. The number of esters is 1. The first kappa shape index (κ1) is 34.6. The van der Waals surface area contributed by atoms with Gasteiger partial charge in [-0.05, 0) is 74.4 Å². The predicted molar refractivity (Wildman–Crippen MR) is 167 cm³/mol. The largest absolute Gasteiger partial charge is 0.468 e. The normalized spacial score (nSPS) is 17.6. The molecule has 0 aromatic heterocycles. The number of carbonyl (C=O) groups is 5. The van der Waals surface area contributed by atoms with Crippen molar-refractivity contribution >= 4 is 29.5 Å². The molecule has 3 atom stereocenters. The Morgan fingerprint density at radius 1 is 0.851 bits per heavy atom. The fourth-order valence-corrected chi connectivity index (χ4v) is 5.19. The predicted octanol–water partition coefficient (Wildman–Crippen LogP) is 4.41. The van der Waals surface area contributed by atoms with Crippen LogP contribution in [0, 0.1) is 5.92 Å². The smallest absolute Gasteiger partial charge is 0.410 e. The Labute approximate surface area is 271 Å². The molecule has 13 nitrogen and oxygen atoms in total. The first-order valence-corrected chi connectivity index (χ1v) is 14.7. The van der Waals surface area contributed by atoms with Crippen molar-refractivity contribution in [3.63, 3.8) is 0 Å². The van der Waals surface area contributed by atoms with E-state index >= 15 is 0 Å². The molecule has 248 valence electrons. The highest BCUT2D eigenvalue weighted by Crippen LogP contribution is 2.32. The lowest BCUT2D eigenvalue weighted by Gasteiger charge is -2.35. The van der Waals surface area contributed by atoms with Gasteiger partial charge in [0, 0.05) is 37.8 Å².